The number of rotatable bonds is 9. The maximum atomic E-state index is 12.3. The van der Waals surface area contributed by atoms with Gasteiger partial charge >= 0.3 is 88.7 Å². The van der Waals surface area contributed by atoms with E-state index in [4.69, 9.17) is 11.5 Å². The van der Waals surface area contributed by atoms with Gasteiger partial charge in [0.2, 0.25) is 0 Å². The molecule has 62 heavy (non-hydrogen) atoms. The van der Waals surface area contributed by atoms with Crippen LogP contribution in [0, 0.1) is 0 Å². The summed E-state index contributed by atoms with van der Waals surface area (Å²) in [6, 6.07) is 19.8. The number of hydrogen-bond donors (Lipinski definition) is 5. The van der Waals surface area contributed by atoms with Crippen molar-refractivity contribution in [2.45, 2.75) is 14.7 Å². The topological polar surface area (TPSA) is 358 Å². The van der Waals surface area contributed by atoms with Crippen molar-refractivity contribution in [3.63, 3.8) is 0 Å². The molecule has 0 atom stereocenters. The quantitative estimate of drug-likeness (QED) is 0.0471. The molecule has 7 rings (SSSR count). The first-order valence-corrected chi connectivity index (χ1v) is 20.5. The van der Waals surface area contributed by atoms with Gasteiger partial charge in [-0.25, -0.2) is 25.3 Å². The van der Waals surface area contributed by atoms with Crippen molar-refractivity contribution in [3.8, 4) is 17.2 Å². The fourth-order valence-electron chi connectivity index (χ4n) is 5.89. The minimum absolute atomic E-state index is 0. The fourth-order valence-corrected chi connectivity index (χ4v) is 7.68. The number of fused-ring (bicyclic) bond motifs is 3. The van der Waals surface area contributed by atoms with Crippen LogP contribution in [0.2, 0.25) is 0 Å². The number of nitrogens with two attached hydrogens (primary N) is 2. The number of hydrogen-bond acceptors (Lipinski definition) is 20. The molecule has 0 aliphatic carbocycles. The molecule has 20 nitrogen and oxygen atoms in total. The third-order valence-corrected chi connectivity index (χ3v) is 11.2. The molecule has 0 heterocycles. The Labute approximate surface area is 417 Å². The molecule has 0 amide bonds. The van der Waals surface area contributed by atoms with Gasteiger partial charge in [-0.1, -0.05) is 18.2 Å². The third kappa shape index (κ3) is 10.6. The van der Waals surface area contributed by atoms with E-state index in [0.29, 0.717) is 0 Å². The number of phenolic OH excluding ortho intramolecular Hbond substituents is 3. The maximum Gasteiger partial charge on any atom is 1.00 e. The molecular formula is C36H23N8Na3O12S3. The molecule has 0 saturated carbocycles. The van der Waals surface area contributed by atoms with Crippen molar-refractivity contribution in [1.82, 2.24) is 0 Å². The number of azo groups is 3. The van der Waals surface area contributed by atoms with Gasteiger partial charge in [0, 0.05) is 39.0 Å². The van der Waals surface area contributed by atoms with Crippen molar-refractivity contribution in [2.24, 2.45) is 30.7 Å². The number of phenols is 3. The van der Waals surface area contributed by atoms with E-state index in [-0.39, 0.29) is 155 Å². The van der Waals surface area contributed by atoms with Crippen molar-refractivity contribution < 1.29 is 143 Å². The summed E-state index contributed by atoms with van der Waals surface area (Å²) >= 11 is 0. The average Bonchev–Trinajstić information content (AvgIpc) is 3.16. The minimum atomic E-state index is -5.25. The second kappa shape index (κ2) is 19.3. The predicted octanol–water partition coefficient (Wildman–Crippen LogP) is -1.60. The molecule has 7 N–H and O–H groups in total. The van der Waals surface area contributed by atoms with Crippen molar-refractivity contribution in [2.75, 3.05) is 11.5 Å². The first-order valence-electron chi connectivity index (χ1n) is 16.3. The van der Waals surface area contributed by atoms with Gasteiger partial charge in [-0.05, 0) is 83.6 Å². The maximum absolute atomic E-state index is 12.3. The standard InChI is InChI=1S/C36H26N8O12S3.3Na/c37-19-3-1-17-11-30(58(51,52)53)33(35(46)25(17)13-19)44-41-22-4-2-18-12-31(59(54,55)56)34(36(47)26(18)14-22)43-40-21-7-5-20(6-8-21)39-42-32-24-10-9-23(57(48,49)50)15-27(24)28(38)16-29(32)45;;;/h1-16,45-47H,37-38H2,(H,48,49,50)(H,51,52,53)(H,54,55,56);;;/q;3*+1/p-3. The Hall–Kier alpha value is -4.15. The van der Waals surface area contributed by atoms with Crippen molar-refractivity contribution >= 4 is 108 Å². The zero-order valence-corrected chi connectivity index (χ0v) is 40.8. The molecule has 0 unspecified atom stereocenters. The van der Waals surface area contributed by atoms with Crippen LogP contribution in [0.4, 0.5) is 45.5 Å². The van der Waals surface area contributed by atoms with E-state index in [9.17, 15) is 54.2 Å². The van der Waals surface area contributed by atoms with Gasteiger partial charge in [0.05, 0.1) is 31.7 Å². The van der Waals surface area contributed by atoms with Crippen LogP contribution in [0.15, 0.2) is 142 Å². The number of anilines is 2. The third-order valence-electron chi connectivity index (χ3n) is 8.68. The Bertz CT molecular complexity index is 3380. The summed E-state index contributed by atoms with van der Waals surface area (Å²) in [7, 11) is -15.2. The summed E-state index contributed by atoms with van der Waals surface area (Å²) in [6.45, 7) is 0. The first kappa shape index (κ1) is 50.5. The number of benzene rings is 7. The van der Waals surface area contributed by atoms with Gasteiger partial charge in [0.15, 0.2) is 11.5 Å². The molecule has 7 aromatic rings. The van der Waals surface area contributed by atoms with Gasteiger partial charge in [-0.2, -0.15) is 15.3 Å². The van der Waals surface area contributed by atoms with Crippen molar-refractivity contribution in [3.05, 3.63) is 97.1 Å². The molecular weight excluding hydrogens is 902 g/mol. The number of aromatic hydroxyl groups is 3. The van der Waals surface area contributed by atoms with Gasteiger partial charge < -0.3 is 40.4 Å². The van der Waals surface area contributed by atoms with Gasteiger partial charge in [0.25, 0.3) is 0 Å². The van der Waals surface area contributed by atoms with Gasteiger partial charge in [-0.3, -0.25) is 0 Å². The zero-order chi connectivity index (χ0) is 42.6. The first-order chi connectivity index (χ1) is 27.7. The molecule has 26 heteroatoms. The van der Waals surface area contributed by atoms with Crippen LogP contribution < -0.4 is 100 Å². The molecule has 0 fully saturated rings. The molecule has 0 spiro atoms. The van der Waals surface area contributed by atoms with E-state index in [0.717, 1.165) is 30.3 Å². The average molecular weight is 925 g/mol. The second-order valence-electron chi connectivity index (χ2n) is 12.5. The van der Waals surface area contributed by atoms with Crippen LogP contribution in [0.5, 0.6) is 17.2 Å². The Morgan fingerprint density at radius 1 is 0.435 bits per heavy atom. The molecule has 0 aliphatic rings. The Morgan fingerprint density at radius 2 is 0.887 bits per heavy atom. The monoisotopic (exact) mass is 924 g/mol. The van der Waals surface area contributed by atoms with Crippen molar-refractivity contribution in [1.29, 1.82) is 0 Å². The minimum Gasteiger partial charge on any atom is -0.744 e. The molecule has 300 valence electrons. The van der Waals surface area contributed by atoms with Crippen LogP contribution >= 0.6 is 0 Å². The largest absolute Gasteiger partial charge is 1.00 e. The SMILES string of the molecule is Nc1ccc2cc(S(=O)(=O)[O-])c(N=Nc3ccc4cc(S(=O)(=O)[O-])c(N=Nc5ccc(N=Nc6c(O)cc(N)c7cc(S(=O)(=O)[O-])ccc67)cc5)c(O)c4c3)c(O)c2c1.[Na+].[Na+].[Na+]. The second-order valence-corrected chi connectivity index (χ2v) is 16.6. The summed E-state index contributed by atoms with van der Waals surface area (Å²) in [6.07, 6.45) is 0. The van der Waals surface area contributed by atoms with Gasteiger partial charge in [0.1, 0.15) is 53.2 Å². The number of nitrogens with zero attached hydrogens (tertiary/aromatic N) is 6. The smallest absolute Gasteiger partial charge is 0.744 e. The molecule has 0 aliphatic heterocycles. The summed E-state index contributed by atoms with van der Waals surface area (Å²) < 4.78 is 108. The molecule has 7 aromatic carbocycles. The Morgan fingerprint density at radius 3 is 1.39 bits per heavy atom. The molecule has 0 bridgehead atoms. The van der Waals surface area contributed by atoms with E-state index < -0.39 is 73.7 Å². The number of nitrogen functional groups attached to an aromatic ring is 2. The molecule has 0 saturated heterocycles. The summed E-state index contributed by atoms with van der Waals surface area (Å²) in [5, 5.41) is 56.7. The van der Waals surface area contributed by atoms with Gasteiger partial charge in [-0.15, -0.1) is 15.3 Å². The predicted molar refractivity (Wildman–Crippen MR) is 209 cm³/mol. The van der Waals surface area contributed by atoms with E-state index in [1.165, 1.54) is 66.7 Å². The van der Waals surface area contributed by atoms with E-state index in [1.807, 2.05) is 0 Å². The van der Waals surface area contributed by atoms with E-state index >= 15 is 0 Å². The fraction of sp³-hybridized carbons (Fsp3) is 0. The Balaban J connectivity index is 0.00000282. The summed E-state index contributed by atoms with van der Waals surface area (Å²) in [4.78, 5) is -2.34. The van der Waals surface area contributed by atoms with Crippen LogP contribution in [-0.2, 0) is 30.4 Å². The van der Waals surface area contributed by atoms with Crippen LogP contribution in [-0.4, -0.2) is 54.2 Å². The van der Waals surface area contributed by atoms with Crippen LogP contribution in [0.1, 0.15) is 0 Å². The normalized spacial score (nSPS) is 12.2. The zero-order valence-electron chi connectivity index (χ0n) is 32.3. The summed E-state index contributed by atoms with van der Waals surface area (Å²) in [5.74, 6) is -1.91. The van der Waals surface area contributed by atoms with Crippen LogP contribution in [0.3, 0.4) is 0 Å². The summed E-state index contributed by atoms with van der Waals surface area (Å²) in [5.41, 5.74) is 10.6. The van der Waals surface area contributed by atoms with Crippen LogP contribution in [0.25, 0.3) is 32.3 Å². The molecule has 0 aromatic heterocycles. The van der Waals surface area contributed by atoms with E-state index in [2.05, 4.69) is 30.7 Å². The van der Waals surface area contributed by atoms with E-state index in [1.54, 1.807) is 0 Å². The Kier molecular flexibility index (Phi) is 15.7. The molecule has 0 radical (unpaired) electrons.